The Hall–Kier alpha value is -1.88. The van der Waals surface area contributed by atoms with Gasteiger partial charge in [0.25, 0.3) is 5.91 Å². The van der Waals surface area contributed by atoms with Crippen molar-refractivity contribution >= 4 is 17.5 Å². The van der Waals surface area contributed by atoms with Gasteiger partial charge in [0, 0.05) is 30.3 Å². The number of carbonyl (C=O) groups is 2. The fourth-order valence-corrected chi connectivity index (χ4v) is 2.84. The van der Waals surface area contributed by atoms with Crippen LogP contribution < -0.4 is 11.1 Å². The van der Waals surface area contributed by atoms with Crippen LogP contribution >= 0.6 is 0 Å². The Morgan fingerprint density at radius 3 is 2.27 bits per heavy atom. The van der Waals surface area contributed by atoms with E-state index in [0.29, 0.717) is 18.0 Å². The SMILES string of the molecule is NCC1CCN(C(=O)c2ccc(NC(=O)C3CC3)cc2)CC1. The van der Waals surface area contributed by atoms with Crippen LogP contribution in [0.15, 0.2) is 24.3 Å². The largest absolute Gasteiger partial charge is 0.339 e. The average molecular weight is 301 g/mol. The number of hydrogen-bond acceptors (Lipinski definition) is 3. The molecular formula is C17H23N3O2. The van der Waals surface area contributed by atoms with Gasteiger partial charge in [-0.25, -0.2) is 0 Å². The van der Waals surface area contributed by atoms with E-state index in [-0.39, 0.29) is 17.7 Å². The topological polar surface area (TPSA) is 75.4 Å². The molecule has 1 aliphatic carbocycles. The molecular weight excluding hydrogens is 278 g/mol. The van der Waals surface area contributed by atoms with Crippen molar-refractivity contribution in [1.82, 2.24) is 4.90 Å². The van der Waals surface area contributed by atoms with Crippen molar-refractivity contribution in [3.8, 4) is 0 Å². The quantitative estimate of drug-likeness (QED) is 0.891. The molecule has 5 nitrogen and oxygen atoms in total. The van der Waals surface area contributed by atoms with Crippen LogP contribution in [0.3, 0.4) is 0 Å². The lowest BCUT2D eigenvalue weighted by atomic mass is 9.96. The van der Waals surface area contributed by atoms with Crippen molar-refractivity contribution in [2.45, 2.75) is 25.7 Å². The van der Waals surface area contributed by atoms with Crippen LogP contribution in [0.2, 0.25) is 0 Å². The third-order valence-corrected chi connectivity index (χ3v) is 4.58. The zero-order valence-electron chi connectivity index (χ0n) is 12.8. The highest BCUT2D eigenvalue weighted by molar-refractivity contribution is 5.96. The molecule has 1 saturated carbocycles. The third kappa shape index (κ3) is 3.47. The van der Waals surface area contributed by atoms with Gasteiger partial charge in [-0.2, -0.15) is 0 Å². The fourth-order valence-electron chi connectivity index (χ4n) is 2.84. The Morgan fingerprint density at radius 2 is 1.73 bits per heavy atom. The molecule has 22 heavy (non-hydrogen) atoms. The molecule has 1 saturated heterocycles. The number of hydrogen-bond donors (Lipinski definition) is 2. The maximum absolute atomic E-state index is 12.5. The first kappa shape index (κ1) is 15.0. The summed E-state index contributed by atoms with van der Waals surface area (Å²) in [6.45, 7) is 2.26. The number of likely N-dealkylation sites (tertiary alicyclic amines) is 1. The number of nitrogens with one attached hydrogen (secondary N) is 1. The zero-order chi connectivity index (χ0) is 15.5. The molecule has 0 unspecified atom stereocenters. The van der Waals surface area contributed by atoms with E-state index in [2.05, 4.69) is 5.32 Å². The Labute approximate surface area is 130 Å². The molecule has 2 fully saturated rings. The summed E-state index contributed by atoms with van der Waals surface area (Å²) in [6, 6.07) is 7.19. The first-order valence-corrected chi connectivity index (χ1v) is 8.07. The number of benzene rings is 1. The van der Waals surface area contributed by atoms with Crippen LogP contribution in [-0.2, 0) is 4.79 Å². The van der Waals surface area contributed by atoms with Gasteiger partial charge in [0.2, 0.25) is 5.91 Å². The molecule has 5 heteroatoms. The minimum Gasteiger partial charge on any atom is -0.339 e. The number of nitrogens with two attached hydrogens (primary N) is 1. The summed E-state index contributed by atoms with van der Waals surface area (Å²) in [6.07, 6.45) is 3.94. The van der Waals surface area contributed by atoms with Gasteiger partial charge in [-0.05, 0) is 62.4 Å². The Bertz CT molecular complexity index is 544. The van der Waals surface area contributed by atoms with E-state index in [0.717, 1.165) is 44.5 Å². The minimum atomic E-state index is 0.0653. The van der Waals surface area contributed by atoms with Crippen LogP contribution in [0.4, 0.5) is 5.69 Å². The van der Waals surface area contributed by atoms with Gasteiger partial charge in [-0.15, -0.1) is 0 Å². The number of carbonyl (C=O) groups excluding carboxylic acids is 2. The lowest BCUT2D eigenvalue weighted by Crippen LogP contribution is -2.40. The minimum absolute atomic E-state index is 0.0653. The maximum Gasteiger partial charge on any atom is 0.253 e. The van der Waals surface area contributed by atoms with E-state index < -0.39 is 0 Å². The number of nitrogens with zero attached hydrogens (tertiary/aromatic N) is 1. The first-order valence-electron chi connectivity index (χ1n) is 8.07. The summed E-state index contributed by atoms with van der Waals surface area (Å²) in [4.78, 5) is 26.1. The number of rotatable bonds is 4. The molecule has 0 spiro atoms. The van der Waals surface area contributed by atoms with Crippen molar-refractivity contribution in [2.24, 2.45) is 17.6 Å². The summed E-state index contributed by atoms with van der Waals surface area (Å²) in [5.41, 5.74) is 7.12. The molecule has 3 rings (SSSR count). The number of piperidine rings is 1. The Kier molecular flexibility index (Phi) is 4.43. The first-order chi connectivity index (χ1) is 10.7. The highest BCUT2D eigenvalue weighted by Crippen LogP contribution is 2.30. The van der Waals surface area contributed by atoms with E-state index in [4.69, 9.17) is 5.73 Å². The monoisotopic (exact) mass is 301 g/mol. The maximum atomic E-state index is 12.5. The van der Waals surface area contributed by atoms with E-state index >= 15 is 0 Å². The van der Waals surface area contributed by atoms with Crippen molar-refractivity contribution in [3.63, 3.8) is 0 Å². The molecule has 118 valence electrons. The van der Waals surface area contributed by atoms with Crippen molar-refractivity contribution in [2.75, 3.05) is 25.0 Å². The van der Waals surface area contributed by atoms with E-state index in [1.807, 2.05) is 4.90 Å². The molecule has 2 aliphatic rings. The van der Waals surface area contributed by atoms with Gasteiger partial charge in [0.1, 0.15) is 0 Å². The predicted molar refractivity (Wildman–Crippen MR) is 85.5 cm³/mol. The molecule has 1 heterocycles. The van der Waals surface area contributed by atoms with Crippen LogP contribution in [0.1, 0.15) is 36.0 Å². The summed E-state index contributed by atoms with van der Waals surface area (Å²) in [5, 5.41) is 2.89. The zero-order valence-corrected chi connectivity index (χ0v) is 12.8. The van der Waals surface area contributed by atoms with Gasteiger partial charge in [0.05, 0.1) is 0 Å². The lowest BCUT2D eigenvalue weighted by molar-refractivity contribution is -0.117. The summed E-state index contributed by atoms with van der Waals surface area (Å²) in [5.74, 6) is 0.882. The highest BCUT2D eigenvalue weighted by atomic mass is 16.2. The Morgan fingerprint density at radius 1 is 1.09 bits per heavy atom. The molecule has 1 aromatic carbocycles. The second-order valence-electron chi connectivity index (χ2n) is 6.31. The fraction of sp³-hybridized carbons (Fsp3) is 0.529. The standard InChI is InChI=1S/C17H23N3O2/c18-11-12-7-9-20(10-8-12)17(22)14-3-5-15(6-4-14)19-16(21)13-1-2-13/h3-6,12-13H,1-2,7-11,18H2,(H,19,21). The summed E-state index contributed by atoms with van der Waals surface area (Å²) in [7, 11) is 0. The molecule has 0 radical (unpaired) electrons. The summed E-state index contributed by atoms with van der Waals surface area (Å²) >= 11 is 0. The second-order valence-corrected chi connectivity index (χ2v) is 6.31. The van der Waals surface area contributed by atoms with Crippen LogP contribution in [-0.4, -0.2) is 36.3 Å². The second kappa shape index (κ2) is 6.48. The van der Waals surface area contributed by atoms with Crippen molar-refractivity contribution < 1.29 is 9.59 Å². The molecule has 1 aromatic rings. The van der Waals surface area contributed by atoms with Crippen LogP contribution in [0.5, 0.6) is 0 Å². The number of amides is 2. The molecule has 0 atom stereocenters. The van der Waals surface area contributed by atoms with Gasteiger partial charge in [-0.3, -0.25) is 9.59 Å². The molecule has 2 amide bonds. The smallest absolute Gasteiger partial charge is 0.253 e. The van der Waals surface area contributed by atoms with Gasteiger partial charge in [0.15, 0.2) is 0 Å². The van der Waals surface area contributed by atoms with Crippen molar-refractivity contribution in [1.29, 1.82) is 0 Å². The Balaban J connectivity index is 1.57. The van der Waals surface area contributed by atoms with E-state index in [1.165, 1.54) is 0 Å². The molecule has 3 N–H and O–H groups in total. The average Bonchev–Trinajstić information content (AvgIpc) is 3.40. The van der Waals surface area contributed by atoms with Crippen molar-refractivity contribution in [3.05, 3.63) is 29.8 Å². The highest BCUT2D eigenvalue weighted by Gasteiger charge is 2.29. The van der Waals surface area contributed by atoms with Gasteiger partial charge < -0.3 is 16.0 Å². The normalized spacial score (nSPS) is 19.0. The predicted octanol–water partition coefficient (Wildman–Crippen LogP) is 1.85. The van der Waals surface area contributed by atoms with Crippen LogP contribution in [0, 0.1) is 11.8 Å². The lowest BCUT2D eigenvalue weighted by Gasteiger charge is -2.31. The number of anilines is 1. The molecule has 0 aromatic heterocycles. The van der Waals surface area contributed by atoms with Crippen LogP contribution in [0.25, 0.3) is 0 Å². The van der Waals surface area contributed by atoms with E-state index in [1.54, 1.807) is 24.3 Å². The summed E-state index contributed by atoms with van der Waals surface area (Å²) < 4.78 is 0. The molecule has 0 bridgehead atoms. The van der Waals surface area contributed by atoms with Gasteiger partial charge in [-0.1, -0.05) is 0 Å². The molecule has 1 aliphatic heterocycles. The van der Waals surface area contributed by atoms with Gasteiger partial charge >= 0.3 is 0 Å². The van der Waals surface area contributed by atoms with E-state index in [9.17, 15) is 9.59 Å². The third-order valence-electron chi connectivity index (χ3n) is 4.58.